The van der Waals surface area contributed by atoms with Gasteiger partial charge in [0, 0.05) is 43.5 Å². The van der Waals surface area contributed by atoms with Gasteiger partial charge in [-0.25, -0.2) is 12.7 Å². The molecule has 0 aliphatic carbocycles. The van der Waals surface area contributed by atoms with Gasteiger partial charge < -0.3 is 0 Å². The van der Waals surface area contributed by atoms with Gasteiger partial charge in [0.25, 0.3) is 0 Å². The highest BCUT2D eigenvalue weighted by molar-refractivity contribution is 7.99. The number of hydrogen-bond acceptors (Lipinski definition) is 5. The number of amides is 2. The maximum Gasteiger partial charge on any atom is 0.229 e. The zero-order chi connectivity index (χ0) is 19.4. The van der Waals surface area contributed by atoms with Crippen LogP contribution in [-0.2, 0) is 19.6 Å². The molecule has 2 heterocycles. The molecule has 148 valence electrons. The molecule has 0 aromatic heterocycles. The van der Waals surface area contributed by atoms with Crippen LogP contribution >= 0.6 is 11.8 Å². The van der Waals surface area contributed by atoms with Gasteiger partial charge in [0.1, 0.15) is 0 Å². The number of carbonyl (C=O) groups is 2. The fourth-order valence-electron chi connectivity index (χ4n) is 3.61. The molecule has 2 aliphatic rings. The molecule has 8 heteroatoms. The van der Waals surface area contributed by atoms with Crippen molar-refractivity contribution >= 4 is 33.6 Å². The molecule has 1 aromatic rings. The molecule has 2 amide bonds. The lowest BCUT2D eigenvalue weighted by Crippen LogP contribution is -2.45. The van der Waals surface area contributed by atoms with Crippen molar-refractivity contribution < 1.29 is 18.0 Å². The van der Waals surface area contributed by atoms with Crippen LogP contribution in [0.3, 0.4) is 0 Å². The lowest BCUT2D eigenvalue weighted by Gasteiger charge is -2.26. The van der Waals surface area contributed by atoms with Crippen LogP contribution in [0.1, 0.15) is 42.1 Å². The molecule has 0 N–H and O–H groups in total. The maximum atomic E-state index is 12.8. The van der Waals surface area contributed by atoms with E-state index in [2.05, 4.69) is 19.1 Å². The Kier molecular flexibility index (Phi) is 6.60. The third kappa shape index (κ3) is 4.92. The second-order valence-electron chi connectivity index (χ2n) is 7.01. The van der Waals surface area contributed by atoms with E-state index in [1.807, 2.05) is 12.1 Å². The Morgan fingerprint density at radius 3 is 2.52 bits per heavy atom. The summed E-state index contributed by atoms with van der Waals surface area (Å²) in [7, 11) is -3.49. The lowest BCUT2D eigenvalue weighted by atomic mass is 10.0. The number of aryl methyl sites for hydroxylation is 1. The zero-order valence-corrected chi connectivity index (χ0v) is 17.2. The zero-order valence-electron chi connectivity index (χ0n) is 15.6. The number of sulfonamides is 1. The van der Waals surface area contributed by atoms with Crippen molar-refractivity contribution in [3.8, 4) is 0 Å². The van der Waals surface area contributed by atoms with E-state index in [9.17, 15) is 18.0 Å². The number of nitrogens with zero attached hydrogens (tertiary/aromatic N) is 2. The lowest BCUT2D eigenvalue weighted by molar-refractivity contribution is -0.147. The van der Waals surface area contributed by atoms with Gasteiger partial charge in [0.05, 0.1) is 5.75 Å². The Morgan fingerprint density at radius 1 is 1.11 bits per heavy atom. The molecule has 27 heavy (non-hydrogen) atoms. The average Bonchev–Trinajstić information content (AvgIpc) is 2.88. The third-order valence-corrected chi connectivity index (χ3v) is 8.35. The van der Waals surface area contributed by atoms with Crippen molar-refractivity contribution in [3.05, 3.63) is 35.4 Å². The van der Waals surface area contributed by atoms with Gasteiger partial charge in [-0.1, -0.05) is 24.3 Å². The Morgan fingerprint density at radius 2 is 1.81 bits per heavy atom. The first-order chi connectivity index (χ1) is 12.9. The first-order valence-electron chi connectivity index (χ1n) is 9.36. The summed E-state index contributed by atoms with van der Waals surface area (Å²) in [5.41, 5.74) is 2.50. The van der Waals surface area contributed by atoms with Gasteiger partial charge in [-0.15, -0.1) is 0 Å². The minimum atomic E-state index is -3.49. The van der Waals surface area contributed by atoms with Crippen molar-refractivity contribution in [2.24, 2.45) is 0 Å². The fourth-order valence-corrected chi connectivity index (χ4v) is 6.48. The number of hydrogen-bond donors (Lipinski definition) is 0. The average molecular weight is 411 g/mol. The van der Waals surface area contributed by atoms with Gasteiger partial charge in [-0.3, -0.25) is 14.5 Å². The van der Waals surface area contributed by atoms with Crippen molar-refractivity contribution in [1.29, 1.82) is 0 Å². The summed E-state index contributed by atoms with van der Waals surface area (Å²) in [4.78, 5) is 24.9. The Labute approximate surface area is 165 Å². The number of benzene rings is 1. The second-order valence-corrected chi connectivity index (χ2v) is 10.4. The molecule has 3 rings (SSSR count). The van der Waals surface area contributed by atoms with E-state index < -0.39 is 10.0 Å². The molecule has 0 saturated carbocycles. The van der Waals surface area contributed by atoms with Crippen LogP contribution in [0, 0.1) is 6.92 Å². The monoisotopic (exact) mass is 410 g/mol. The van der Waals surface area contributed by atoms with Crippen molar-refractivity contribution in [3.63, 3.8) is 0 Å². The fraction of sp³-hybridized carbons (Fsp3) is 0.579. The van der Waals surface area contributed by atoms with Crippen molar-refractivity contribution in [2.45, 2.75) is 37.9 Å². The van der Waals surface area contributed by atoms with Crippen LogP contribution in [0.2, 0.25) is 0 Å². The Balaban J connectivity index is 1.61. The first kappa shape index (κ1) is 20.4. The van der Waals surface area contributed by atoms with Gasteiger partial charge in [0.2, 0.25) is 21.8 Å². The number of likely N-dealkylation sites (tertiary alicyclic amines) is 1. The number of rotatable bonds is 5. The highest BCUT2D eigenvalue weighted by atomic mass is 32.2. The number of thioether (sulfide) groups is 1. The van der Waals surface area contributed by atoms with Gasteiger partial charge >= 0.3 is 0 Å². The van der Waals surface area contributed by atoms with Crippen molar-refractivity contribution in [2.75, 3.05) is 31.1 Å². The van der Waals surface area contributed by atoms with E-state index in [1.54, 1.807) is 11.8 Å². The van der Waals surface area contributed by atoms with Gasteiger partial charge in [0.15, 0.2) is 0 Å². The van der Waals surface area contributed by atoms with Crippen LogP contribution in [0.4, 0.5) is 0 Å². The smallest absolute Gasteiger partial charge is 0.229 e. The Hall–Kier alpha value is -1.38. The van der Waals surface area contributed by atoms with Crippen LogP contribution in [0.15, 0.2) is 24.3 Å². The largest absolute Gasteiger partial charge is 0.282 e. The van der Waals surface area contributed by atoms with Crippen LogP contribution in [0.5, 0.6) is 0 Å². The molecule has 0 bridgehead atoms. The topological polar surface area (TPSA) is 74.8 Å². The number of piperidine rings is 1. The summed E-state index contributed by atoms with van der Waals surface area (Å²) in [5.74, 6) is 0.0317. The summed E-state index contributed by atoms with van der Waals surface area (Å²) < 4.78 is 27.1. The molecular formula is C19H26N2O4S2. The quantitative estimate of drug-likeness (QED) is 0.697. The molecule has 2 aliphatic heterocycles. The molecule has 0 radical (unpaired) electrons. The SMILES string of the molecule is Cc1ccccc1C1CCN(S(=O)(=O)CCN2C(=O)CCCC2=O)CCS1. The molecule has 1 atom stereocenters. The summed E-state index contributed by atoms with van der Waals surface area (Å²) >= 11 is 1.79. The molecule has 2 fully saturated rings. The van der Waals surface area contributed by atoms with Crippen LogP contribution < -0.4 is 0 Å². The van der Waals surface area contributed by atoms with Crippen molar-refractivity contribution in [1.82, 2.24) is 9.21 Å². The maximum absolute atomic E-state index is 12.8. The minimum absolute atomic E-state index is 0.0368. The van der Waals surface area contributed by atoms with E-state index >= 15 is 0 Å². The molecule has 2 saturated heterocycles. The predicted molar refractivity (Wildman–Crippen MR) is 107 cm³/mol. The molecule has 1 unspecified atom stereocenters. The van der Waals surface area contributed by atoms with E-state index in [1.165, 1.54) is 15.4 Å². The van der Waals surface area contributed by atoms with E-state index in [4.69, 9.17) is 0 Å². The Bertz CT molecular complexity index is 794. The summed E-state index contributed by atoms with van der Waals surface area (Å²) in [6, 6.07) is 8.24. The van der Waals surface area contributed by atoms with Gasteiger partial charge in [-0.2, -0.15) is 11.8 Å². The molecule has 1 aromatic carbocycles. The first-order valence-corrected chi connectivity index (χ1v) is 12.0. The van der Waals surface area contributed by atoms with E-state index in [0.717, 1.165) is 17.1 Å². The number of imide groups is 1. The highest BCUT2D eigenvalue weighted by Gasteiger charge is 2.31. The highest BCUT2D eigenvalue weighted by Crippen LogP contribution is 2.36. The van der Waals surface area contributed by atoms with E-state index in [0.29, 0.717) is 32.4 Å². The van der Waals surface area contributed by atoms with Gasteiger partial charge in [-0.05, 0) is 30.9 Å². The molecular weight excluding hydrogens is 384 g/mol. The third-order valence-electron chi connectivity index (χ3n) is 5.19. The normalized spacial score (nSPS) is 22.7. The van der Waals surface area contributed by atoms with Crippen LogP contribution in [0.25, 0.3) is 0 Å². The summed E-state index contributed by atoms with van der Waals surface area (Å²) in [6.45, 7) is 2.99. The van der Waals surface area contributed by atoms with E-state index in [-0.39, 0.29) is 29.4 Å². The summed E-state index contributed by atoms with van der Waals surface area (Å²) in [6.07, 6.45) is 1.97. The summed E-state index contributed by atoms with van der Waals surface area (Å²) in [5, 5.41) is 0.289. The minimum Gasteiger partial charge on any atom is -0.282 e. The molecule has 0 spiro atoms. The molecule has 6 nitrogen and oxygen atoms in total. The second kappa shape index (κ2) is 8.75. The number of carbonyl (C=O) groups excluding carboxylic acids is 2. The standard InChI is InChI=1S/C19H26N2O4S2/c1-15-5-2-3-6-16(15)17-9-10-20(11-13-26-17)27(24,25)14-12-21-18(22)7-4-8-19(21)23/h2-3,5-6,17H,4,7-14H2,1H3. The predicted octanol–water partition coefficient (Wildman–Crippen LogP) is 2.34. The van der Waals surface area contributed by atoms with Crippen LogP contribution in [-0.4, -0.2) is 60.6 Å².